The third-order valence-electron chi connectivity index (χ3n) is 1.58. The minimum Gasteiger partial charge on any atom is -0.378 e. The summed E-state index contributed by atoms with van der Waals surface area (Å²) in [5, 5.41) is 0. The molecule has 1 aromatic carbocycles. The zero-order valence-electron chi connectivity index (χ0n) is 8.52. The van der Waals surface area contributed by atoms with E-state index in [-0.39, 0.29) is 29.6 Å². The van der Waals surface area contributed by atoms with E-state index in [0.29, 0.717) is 5.69 Å². The topological polar surface area (TPSA) is 49.4 Å². The molecule has 1 radical (unpaired) electrons. The standard InChI is InChI=1S/C8H12N2O2S.Na/c1-10(2)8-5-3-4-7(6-8)9-13(11)12;/h3-6,13H,1-2H3,(H,9,11,12);. The molecule has 0 saturated carbocycles. The van der Waals surface area contributed by atoms with Gasteiger partial charge in [0.1, 0.15) is 0 Å². The molecule has 0 spiro atoms. The number of rotatable bonds is 3. The average Bonchev–Trinajstić information content (AvgIpc) is 2.03. The summed E-state index contributed by atoms with van der Waals surface area (Å²) in [6.45, 7) is 0. The molecule has 0 atom stereocenters. The quantitative estimate of drug-likeness (QED) is 0.573. The molecule has 0 heterocycles. The molecule has 0 saturated heterocycles. The van der Waals surface area contributed by atoms with Crippen molar-refractivity contribution in [2.45, 2.75) is 0 Å². The third-order valence-corrected chi connectivity index (χ3v) is 2.02. The summed E-state index contributed by atoms with van der Waals surface area (Å²) in [7, 11) is 1.22. The number of nitrogens with zero attached hydrogens (tertiary/aromatic N) is 1. The van der Waals surface area contributed by atoms with Gasteiger partial charge in [-0.2, -0.15) is 0 Å². The van der Waals surface area contributed by atoms with E-state index < -0.39 is 10.9 Å². The van der Waals surface area contributed by atoms with Crippen molar-refractivity contribution >= 4 is 51.8 Å². The fraction of sp³-hybridized carbons (Fsp3) is 0.250. The molecule has 14 heavy (non-hydrogen) atoms. The number of benzene rings is 1. The van der Waals surface area contributed by atoms with E-state index in [1.165, 1.54) is 0 Å². The number of nitrogens with one attached hydrogen (secondary N) is 1. The Morgan fingerprint density at radius 3 is 2.43 bits per heavy atom. The normalized spacial score (nSPS) is 9.36. The van der Waals surface area contributed by atoms with Crippen molar-refractivity contribution in [1.29, 1.82) is 0 Å². The van der Waals surface area contributed by atoms with Crippen LogP contribution in [0.1, 0.15) is 0 Å². The second-order valence-electron chi connectivity index (χ2n) is 2.81. The SMILES string of the molecule is CN(C)c1cccc(N[SH](=O)=O)c1.[Na]. The molecule has 0 aliphatic heterocycles. The van der Waals surface area contributed by atoms with Gasteiger partial charge in [-0.05, 0) is 18.2 Å². The first-order chi connectivity index (χ1) is 6.09. The van der Waals surface area contributed by atoms with E-state index in [2.05, 4.69) is 4.72 Å². The zero-order chi connectivity index (χ0) is 9.84. The Kier molecular flexibility index (Phi) is 6.19. The summed E-state index contributed by atoms with van der Waals surface area (Å²) in [6, 6.07) is 7.18. The van der Waals surface area contributed by atoms with E-state index >= 15 is 0 Å². The van der Waals surface area contributed by atoms with Crippen LogP contribution < -0.4 is 9.62 Å². The number of anilines is 2. The Morgan fingerprint density at radius 2 is 1.93 bits per heavy atom. The summed E-state index contributed by atoms with van der Waals surface area (Å²) >= 11 is 0. The molecule has 1 aromatic rings. The van der Waals surface area contributed by atoms with Gasteiger partial charge in [-0.25, -0.2) is 8.42 Å². The van der Waals surface area contributed by atoms with Crippen LogP contribution in [-0.4, -0.2) is 52.1 Å². The molecule has 1 N–H and O–H groups in total. The smallest absolute Gasteiger partial charge is 0.222 e. The van der Waals surface area contributed by atoms with Crippen LogP contribution in [0.5, 0.6) is 0 Å². The summed E-state index contributed by atoms with van der Waals surface area (Å²) in [6.07, 6.45) is 0. The van der Waals surface area contributed by atoms with Crippen LogP contribution in [0.3, 0.4) is 0 Å². The molecule has 4 nitrogen and oxygen atoms in total. The van der Waals surface area contributed by atoms with E-state index in [1.807, 2.05) is 25.1 Å². The fourth-order valence-electron chi connectivity index (χ4n) is 0.959. The molecule has 6 heteroatoms. The minimum atomic E-state index is -2.58. The maximum absolute atomic E-state index is 10.4. The van der Waals surface area contributed by atoms with Crippen LogP contribution in [0.2, 0.25) is 0 Å². The van der Waals surface area contributed by atoms with Crippen LogP contribution in [-0.2, 0) is 10.9 Å². The predicted octanol–water partition coefficient (Wildman–Crippen LogP) is 0.310. The number of hydrogen-bond acceptors (Lipinski definition) is 3. The van der Waals surface area contributed by atoms with Crippen molar-refractivity contribution in [3.63, 3.8) is 0 Å². The number of hydrogen-bond donors (Lipinski definition) is 2. The maximum atomic E-state index is 10.4. The maximum Gasteiger partial charge on any atom is 0.222 e. The Morgan fingerprint density at radius 1 is 1.29 bits per heavy atom. The fourth-order valence-corrected chi connectivity index (χ4v) is 1.31. The summed E-state index contributed by atoms with van der Waals surface area (Å²) in [5.74, 6) is 0. The monoisotopic (exact) mass is 223 g/mol. The molecule has 0 aliphatic carbocycles. The molecule has 0 fully saturated rings. The summed E-state index contributed by atoms with van der Waals surface area (Å²) in [4.78, 5) is 1.91. The Bertz CT molecular complexity index is 358. The van der Waals surface area contributed by atoms with Gasteiger partial charge < -0.3 is 4.90 Å². The van der Waals surface area contributed by atoms with E-state index in [9.17, 15) is 8.42 Å². The summed E-state index contributed by atoms with van der Waals surface area (Å²) in [5.41, 5.74) is 1.55. The molecule has 0 aromatic heterocycles. The van der Waals surface area contributed by atoms with Crippen LogP contribution in [0.15, 0.2) is 24.3 Å². The molecule has 0 bridgehead atoms. The van der Waals surface area contributed by atoms with Crippen molar-refractivity contribution in [2.75, 3.05) is 23.7 Å². The average molecular weight is 223 g/mol. The molecular weight excluding hydrogens is 211 g/mol. The Labute approximate surface area is 108 Å². The van der Waals surface area contributed by atoms with E-state index in [4.69, 9.17) is 0 Å². The Hall–Kier alpha value is -0.230. The molecule has 73 valence electrons. The van der Waals surface area contributed by atoms with Gasteiger partial charge in [0.25, 0.3) is 0 Å². The molecule has 0 unspecified atom stereocenters. The first-order valence-corrected chi connectivity index (χ1v) is 4.96. The minimum absolute atomic E-state index is 0. The van der Waals surface area contributed by atoms with Gasteiger partial charge in [0, 0.05) is 49.3 Å². The van der Waals surface area contributed by atoms with Gasteiger partial charge in [-0.15, -0.1) is 0 Å². The van der Waals surface area contributed by atoms with Gasteiger partial charge in [0.05, 0.1) is 5.69 Å². The van der Waals surface area contributed by atoms with Crippen molar-refractivity contribution in [3.8, 4) is 0 Å². The predicted molar refractivity (Wildman–Crippen MR) is 60.5 cm³/mol. The van der Waals surface area contributed by atoms with Crippen LogP contribution >= 0.6 is 0 Å². The molecule has 0 amide bonds. The van der Waals surface area contributed by atoms with Crippen LogP contribution in [0, 0.1) is 0 Å². The second-order valence-corrected chi connectivity index (χ2v) is 3.55. The second kappa shape index (κ2) is 6.29. The Balaban J connectivity index is 0.00000169. The largest absolute Gasteiger partial charge is 0.378 e. The first kappa shape index (κ1) is 13.8. The van der Waals surface area contributed by atoms with Crippen molar-refractivity contribution in [3.05, 3.63) is 24.3 Å². The van der Waals surface area contributed by atoms with E-state index in [0.717, 1.165) is 5.69 Å². The summed E-state index contributed by atoms with van der Waals surface area (Å²) < 4.78 is 23.1. The van der Waals surface area contributed by atoms with Crippen molar-refractivity contribution in [2.24, 2.45) is 0 Å². The van der Waals surface area contributed by atoms with Gasteiger partial charge >= 0.3 is 0 Å². The molecule has 1 rings (SSSR count). The van der Waals surface area contributed by atoms with Crippen LogP contribution in [0.4, 0.5) is 11.4 Å². The van der Waals surface area contributed by atoms with Gasteiger partial charge in [0.15, 0.2) is 0 Å². The zero-order valence-corrected chi connectivity index (χ0v) is 11.4. The molecule has 0 aliphatic rings. The van der Waals surface area contributed by atoms with Gasteiger partial charge in [-0.1, -0.05) is 6.07 Å². The van der Waals surface area contributed by atoms with Gasteiger partial charge in [-0.3, -0.25) is 4.72 Å². The van der Waals surface area contributed by atoms with Gasteiger partial charge in [0.2, 0.25) is 10.9 Å². The first-order valence-electron chi connectivity index (χ1n) is 3.78. The van der Waals surface area contributed by atoms with E-state index in [1.54, 1.807) is 18.2 Å². The van der Waals surface area contributed by atoms with Crippen molar-refractivity contribution in [1.82, 2.24) is 0 Å². The number of thiol groups is 1. The van der Waals surface area contributed by atoms with Crippen LogP contribution in [0.25, 0.3) is 0 Å². The third kappa shape index (κ3) is 4.32. The van der Waals surface area contributed by atoms with Crippen molar-refractivity contribution < 1.29 is 8.42 Å². The molecular formula is C8H12N2NaO2S.